The maximum absolute atomic E-state index is 5.43. The SMILES string of the molecule is CCNCc1ccc(OCC)c(Br)c1.[Cl-]. The first-order valence-corrected chi connectivity index (χ1v) is 5.69. The van der Waals surface area contributed by atoms with E-state index in [1.165, 1.54) is 5.56 Å². The van der Waals surface area contributed by atoms with Crippen LogP contribution in [-0.2, 0) is 6.54 Å². The summed E-state index contributed by atoms with van der Waals surface area (Å²) in [6.07, 6.45) is 0. The standard InChI is InChI=1S/C11H16BrNO.ClH/c1-3-13-8-9-5-6-11(14-4-2)10(12)7-9;/h5-7,13H,3-4,8H2,1-2H3;1H/p-1. The lowest BCUT2D eigenvalue weighted by Gasteiger charge is -2.08. The molecule has 2 nitrogen and oxygen atoms in total. The topological polar surface area (TPSA) is 21.3 Å². The molecule has 1 aromatic rings. The number of nitrogens with one attached hydrogen (secondary N) is 1. The zero-order valence-electron chi connectivity index (χ0n) is 9.02. The van der Waals surface area contributed by atoms with Crippen LogP contribution in [0.15, 0.2) is 22.7 Å². The van der Waals surface area contributed by atoms with Gasteiger partial charge in [0.25, 0.3) is 0 Å². The van der Waals surface area contributed by atoms with E-state index < -0.39 is 0 Å². The lowest BCUT2D eigenvalue weighted by atomic mass is 10.2. The first-order valence-electron chi connectivity index (χ1n) is 4.89. The van der Waals surface area contributed by atoms with Crippen molar-refractivity contribution in [3.8, 4) is 5.75 Å². The van der Waals surface area contributed by atoms with Crippen LogP contribution >= 0.6 is 15.9 Å². The highest BCUT2D eigenvalue weighted by atomic mass is 79.9. The van der Waals surface area contributed by atoms with Crippen molar-refractivity contribution in [1.82, 2.24) is 5.32 Å². The van der Waals surface area contributed by atoms with Gasteiger partial charge in [-0.3, -0.25) is 0 Å². The molecule has 0 aliphatic rings. The van der Waals surface area contributed by atoms with Gasteiger partial charge in [-0.1, -0.05) is 13.0 Å². The van der Waals surface area contributed by atoms with Gasteiger partial charge in [-0.2, -0.15) is 0 Å². The number of ether oxygens (including phenoxy) is 1. The van der Waals surface area contributed by atoms with E-state index in [2.05, 4.69) is 40.3 Å². The number of benzene rings is 1. The van der Waals surface area contributed by atoms with Crippen LogP contribution in [0.1, 0.15) is 19.4 Å². The summed E-state index contributed by atoms with van der Waals surface area (Å²) in [7, 11) is 0. The fourth-order valence-electron chi connectivity index (χ4n) is 1.20. The van der Waals surface area contributed by atoms with Crippen LogP contribution in [0.25, 0.3) is 0 Å². The molecule has 0 unspecified atom stereocenters. The van der Waals surface area contributed by atoms with Crippen molar-refractivity contribution in [2.45, 2.75) is 20.4 Å². The molecule has 0 fully saturated rings. The Morgan fingerprint density at radius 2 is 2.07 bits per heavy atom. The number of hydrogen-bond donors (Lipinski definition) is 1. The molecule has 4 heteroatoms. The predicted octanol–water partition coefficient (Wildman–Crippen LogP) is -0.0387. The second-order valence-electron chi connectivity index (χ2n) is 2.98. The van der Waals surface area contributed by atoms with Crippen molar-refractivity contribution in [2.75, 3.05) is 13.2 Å². The van der Waals surface area contributed by atoms with Crippen LogP contribution in [-0.4, -0.2) is 13.2 Å². The normalized spacial score (nSPS) is 9.53. The van der Waals surface area contributed by atoms with Gasteiger partial charge in [-0.15, -0.1) is 0 Å². The zero-order valence-corrected chi connectivity index (χ0v) is 11.4. The molecule has 0 bridgehead atoms. The van der Waals surface area contributed by atoms with E-state index in [0.29, 0.717) is 6.61 Å². The summed E-state index contributed by atoms with van der Waals surface area (Å²) in [5.74, 6) is 0.910. The Bertz CT molecular complexity index is 294. The minimum absolute atomic E-state index is 0. The Morgan fingerprint density at radius 3 is 2.60 bits per heavy atom. The molecule has 0 radical (unpaired) electrons. The molecule has 86 valence electrons. The number of hydrogen-bond acceptors (Lipinski definition) is 2. The lowest BCUT2D eigenvalue weighted by Crippen LogP contribution is -3.00. The molecule has 1 rings (SSSR count). The van der Waals surface area contributed by atoms with Gasteiger partial charge in [-0.25, -0.2) is 0 Å². The fourth-order valence-corrected chi connectivity index (χ4v) is 1.74. The minimum Gasteiger partial charge on any atom is -1.00 e. The van der Waals surface area contributed by atoms with Gasteiger partial charge in [0.05, 0.1) is 11.1 Å². The third kappa shape index (κ3) is 4.87. The summed E-state index contributed by atoms with van der Waals surface area (Å²) in [6, 6.07) is 6.17. The van der Waals surface area contributed by atoms with Crippen molar-refractivity contribution >= 4 is 15.9 Å². The van der Waals surface area contributed by atoms with Crippen LogP contribution in [0.5, 0.6) is 5.75 Å². The first kappa shape index (κ1) is 14.8. The third-order valence-corrected chi connectivity index (χ3v) is 2.49. The van der Waals surface area contributed by atoms with E-state index in [9.17, 15) is 0 Å². The Kier molecular flexibility index (Phi) is 7.83. The summed E-state index contributed by atoms with van der Waals surface area (Å²) < 4.78 is 6.45. The van der Waals surface area contributed by atoms with Gasteiger partial charge in [0.2, 0.25) is 0 Å². The van der Waals surface area contributed by atoms with E-state index in [1.807, 2.05) is 13.0 Å². The van der Waals surface area contributed by atoms with Gasteiger partial charge in [0, 0.05) is 6.54 Å². The van der Waals surface area contributed by atoms with Crippen LogP contribution in [0.3, 0.4) is 0 Å². The molecule has 1 aromatic carbocycles. The van der Waals surface area contributed by atoms with Crippen molar-refractivity contribution in [3.63, 3.8) is 0 Å². The lowest BCUT2D eigenvalue weighted by molar-refractivity contribution is -0.00000346. The Labute approximate surface area is 106 Å². The van der Waals surface area contributed by atoms with Crippen molar-refractivity contribution in [3.05, 3.63) is 28.2 Å². The molecule has 0 aliphatic carbocycles. The molecule has 0 amide bonds. The number of halogens is 2. The second-order valence-corrected chi connectivity index (χ2v) is 3.83. The largest absolute Gasteiger partial charge is 1.00 e. The van der Waals surface area contributed by atoms with Crippen molar-refractivity contribution < 1.29 is 17.1 Å². The fraction of sp³-hybridized carbons (Fsp3) is 0.455. The maximum atomic E-state index is 5.43. The van der Waals surface area contributed by atoms with E-state index >= 15 is 0 Å². The monoisotopic (exact) mass is 292 g/mol. The molecule has 0 saturated carbocycles. The first-order chi connectivity index (χ1) is 6.77. The van der Waals surface area contributed by atoms with Gasteiger partial charge >= 0.3 is 0 Å². The van der Waals surface area contributed by atoms with E-state index in [4.69, 9.17) is 4.74 Å². The molecule has 0 saturated heterocycles. The van der Waals surface area contributed by atoms with Crippen LogP contribution in [0.4, 0.5) is 0 Å². The number of rotatable bonds is 5. The predicted molar refractivity (Wildman–Crippen MR) is 62.7 cm³/mol. The van der Waals surface area contributed by atoms with Gasteiger partial charge in [-0.05, 0) is 47.1 Å². The maximum Gasteiger partial charge on any atom is 0.133 e. The van der Waals surface area contributed by atoms with Crippen LogP contribution in [0, 0.1) is 0 Å². The molecule has 0 heterocycles. The smallest absolute Gasteiger partial charge is 0.133 e. The molecule has 1 N–H and O–H groups in total. The Morgan fingerprint density at radius 1 is 1.33 bits per heavy atom. The summed E-state index contributed by atoms with van der Waals surface area (Å²) in [5, 5.41) is 3.28. The second kappa shape index (κ2) is 7.97. The van der Waals surface area contributed by atoms with E-state index in [1.54, 1.807) is 0 Å². The van der Waals surface area contributed by atoms with E-state index in [0.717, 1.165) is 23.3 Å². The summed E-state index contributed by atoms with van der Waals surface area (Å²) >= 11 is 3.49. The third-order valence-electron chi connectivity index (χ3n) is 1.88. The molecule has 0 aliphatic heterocycles. The van der Waals surface area contributed by atoms with Crippen LogP contribution in [0.2, 0.25) is 0 Å². The van der Waals surface area contributed by atoms with Crippen molar-refractivity contribution in [2.24, 2.45) is 0 Å². The molecule has 0 spiro atoms. The van der Waals surface area contributed by atoms with Gasteiger partial charge < -0.3 is 22.5 Å². The summed E-state index contributed by atoms with van der Waals surface area (Å²) in [5.41, 5.74) is 1.27. The zero-order chi connectivity index (χ0) is 10.4. The minimum atomic E-state index is 0. The highest BCUT2D eigenvalue weighted by molar-refractivity contribution is 9.10. The highest BCUT2D eigenvalue weighted by Crippen LogP contribution is 2.25. The molecule has 0 atom stereocenters. The Balaban J connectivity index is 0.00000196. The van der Waals surface area contributed by atoms with Gasteiger partial charge in [0.1, 0.15) is 5.75 Å². The molecule has 0 aromatic heterocycles. The average Bonchev–Trinajstić information content (AvgIpc) is 2.19. The van der Waals surface area contributed by atoms with Crippen molar-refractivity contribution in [1.29, 1.82) is 0 Å². The quantitative estimate of drug-likeness (QED) is 0.823. The van der Waals surface area contributed by atoms with Crippen LogP contribution < -0.4 is 22.5 Å². The summed E-state index contributed by atoms with van der Waals surface area (Å²) in [6.45, 7) is 6.68. The van der Waals surface area contributed by atoms with E-state index in [-0.39, 0.29) is 12.4 Å². The molecular formula is C11H16BrClNO-. The Hall–Kier alpha value is -0.250. The molecule has 15 heavy (non-hydrogen) atoms. The molecular weight excluding hydrogens is 277 g/mol. The average molecular weight is 294 g/mol. The van der Waals surface area contributed by atoms with Gasteiger partial charge in [0.15, 0.2) is 0 Å². The summed E-state index contributed by atoms with van der Waals surface area (Å²) in [4.78, 5) is 0. The highest BCUT2D eigenvalue weighted by Gasteiger charge is 2.01.